The molecular formula is C32H34F2N8O2. The van der Waals surface area contributed by atoms with Crippen LogP contribution < -0.4 is 15.5 Å². The number of anilines is 3. The number of likely N-dealkylation sites (tertiary alicyclic amines) is 1. The van der Waals surface area contributed by atoms with Gasteiger partial charge >= 0.3 is 0 Å². The third-order valence-corrected chi connectivity index (χ3v) is 7.97. The number of carbonyl (C=O) groups is 2. The first kappa shape index (κ1) is 29.2. The van der Waals surface area contributed by atoms with Gasteiger partial charge in [0.1, 0.15) is 17.3 Å². The van der Waals surface area contributed by atoms with Crippen LogP contribution in [0.4, 0.5) is 25.8 Å². The number of hydrogen-bond donors (Lipinski definition) is 2. The number of nitrogens with zero attached hydrogens (tertiary/aromatic N) is 6. The molecule has 12 heteroatoms. The summed E-state index contributed by atoms with van der Waals surface area (Å²) in [6.07, 6.45) is 3.84. The van der Waals surface area contributed by atoms with Crippen molar-refractivity contribution in [1.82, 2.24) is 24.8 Å². The molecule has 0 bridgehead atoms. The van der Waals surface area contributed by atoms with E-state index in [2.05, 4.69) is 37.8 Å². The van der Waals surface area contributed by atoms with E-state index in [0.717, 1.165) is 75.6 Å². The summed E-state index contributed by atoms with van der Waals surface area (Å²) in [4.78, 5) is 32.6. The fourth-order valence-corrected chi connectivity index (χ4v) is 5.54. The first-order valence-corrected chi connectivity index (χ1v) is 14.7. The van der Waals surface area contributed by atoms with E-state index in [-0.39, 0.29) is 11.5 Å². The molecule has 2 amide bonds. The second kappa shape index (κ2) is 12.8. The van der Waals surface area contributed by atoms with Gasteiger partial charge in [-0.2, -0.15) is 0 Å². The monoisotopic (exact) mass is 600 g/mol. The molecule has 3 aromatic carbocycles. The third-order valence-electron chi connectivity index (χ3n) is 7.97. The van der Waals surface area contributed by atoms with Crippen molar-refractivity contribution in [3.8, 4) is 5.69 Å². The highest BCUT2D eigenvalue weighted by Crippen LogP contribution is 2.28. The van der Waals surface area contributed by atoms with E-state index in [1.165, 1.54) is 0 Å². The molecule has 6 rings (SSSR count). The molecule has 2 N–H and O–H groups in total. The van der Waals surface area contributed by atoms with Gasteiger partial charge < -0.3 is 25.3 Å². The Labute approximate surface area is 254 Å². The van der Waals surface area contributed by atoms with Crippen LogP contribution in [0.1, 0.15) is 39.3 Å². The molecule has 2 fully saturated rings. The Morgan fingerprint density at radius 3 is 2.36 bits per heavy atom. The second-order valence-corrected chi connectivity index (χ2v) is 11.2. The molecule has 0 unspecified atom stereocenters. The molecule has 0 atom stereocenters. The number of piperazine rings is 1. The van der Waals surface area contributed by atoms with Crippen molar-refractivity contribution in [1.29, 1.82) is 0 Å². The van der Waals surface area contributed by atoms with Crippen LogP contribution in [0.5, 0.6) is 0 Å². The third kappa shape index (κ3) is 6.70. The molecule has 228 valence electrons. The zero-order valence-corrected chi connectivity index (χ0v) is 24.5. The average Bonchev–Trinajstić information content (AvgIpc) is 3.73. The molecule has 2 aliphatic rings. The minimum absolute atomic E-state index is 0.0699. The molecule has 0 radical (unpaired) electrons. The van der Waals surface area contributed by atoms with Crippen LogP contribution in [0.15, 0.2) is 66.9 Å². The Hall–Kier alpha value is -4.84. The van der Waals surface area contributed by atoms with Crippen LogP contribution in [0, 0.1) is 11.6 Å². The molecular weight excluding hydrogens is 566 g/mol. The predicted molar refractivity (Wildman–Crippen MR) is 164 cm³/mol. The number of nitrogens with one attached hydrogen (secondary N) is 2. The summed E-state index contributed by atoms with van der Waals surface area (Å²) >= 11 is 0. The van der Waals surface area contributed by atoms with Crippen LogP contribution in [-0.4, -0.2) is 82.9 Å². The van der Waals surface area contributed by atoms with Gasteiger partial charge in [-0.15, -0.1) is 5.10 Å². The summed E-state index contributed by atoms with van der Waals surface area (Å²) in [5.41, 5.74) is 4.13. The van der Waals surface area contributed by atoms with Crippen molar-refractivity contribution >= 4 is 28.9 Å². The Morgan fingerprint density at radius 2 is 1.61 bits per heavy atom. The smallest absolute Gasteiger partial charge is 0.256 e. The lowest BCUT2D eigenvalue weighted by molar-refractivity contribution is 0.0793. The van der Waals surface area contributed by atoms with Gasteiger partial charge in [0.2, 0.25) is 0 Å². The van der Waals surface area contributed by atoms with E-state index in [1.54, 1.807) is 35.1 Å². The van der Waals surface area contributed by atoms with E-state index in [1.807, 2.05) is 23.1 Å². The average molecular weight is 601 g/mol. The van der Waals surface area contributed by atoms with E-state index in [0.29, 0.717) is 35.2 Å². The number of benzene rings is 3. The zero-order chi connectivity index (χ0) is 30.6. The standard InChI is InChI=1S/C32H34F2N8O2/c1-39-11-13-40(14-12-39)30-8-7-25(19-29(30)32(44)41-9-2-3-10-41)35-20-27-21-42(38-37-27)28-6-4-5-26(18-28)36-31(43)22-15-23(33)17-24(34)16-22/h4-8,15-19,21,35H,2-3,9-14,20H2,1H3,(H,36,43). The Morgan fingerprint density at radius 1 is 0.864 bits per heavy atom. The molecule has 2 saturated heterocycles. The van der Waals surface area contributed by atoms with Gasteiger partial charge in [-0.1, -0.05) is 11.3 Å². The maximum atomic E-state index is 13.5. The highest BCUT2D eigenvalue weighted by atomic mass is 19.1. The normalized spacial score (nSPS) is 15.4. The van der Waals surface area contributed by atoms with Crippen LogP contribution in [0.25, 0.3) is 5.69 Å². The summed E-state index contributed by atoms with van der Waals surface area (Å²) in [6, 6.07) is 15.5. The van der Waals surface area contributed by atoms with Crippen molar-refractivity contribution in [3.63, 3.8) is 0 Å². The molecule has 2 aliphatic heterocycles. The number of aromatic nitrogens is 3. The fraction of sp³-hybridized carbons (Fsp3) is 0.312. The van der Waals surface area contributed by atoms with Crippen molar-refractivity contribution in [2.75, 3.05) is 61.8 Å². The predicted octanol–water partition coefficient (Wildman–Crippen LogP) is 4.40. The summed E-state index contributed by atoms with van der Waals surface area (Å²) in [7, 11) is 2.12. The van der Waals surface area contributed by atoms with E-state index in [9.17, 15) is 18.4 Å². The number of amides is 2. The molecule has 0 spiro atoms. The van der Waals surface area contributed by atoms with Crippen molar-refractivity contribution in [2.24, 2.45) is 0 Å². The number of likely N-dealkylation sites (N-methyl/N-ethyl adjacent to an activating group) is 1. The molecule has 0 aliphatic carbocycles. The molecule has 1 aromatic heterocycles. The van der Waals surface area contributed by atoms with Gasteiger partial charge in [-0.05, 0) is 68.4 Å². The maximum Gasteiger partial charge on any atom is 0.256 e. The topological polar surface area (TPSA) is 98.6 Å². The maximum absolute atomic E-state index is 13.5. The number of carbonyl (C=O) groups excluding carboxylic acids is 2. The fourth-order valence-electron chi connectivity index (χ4n) is 5.54. The van der Waals surface area contributed by atoms with E-state index in [4.69, 9.17) is 0 Å². The van der Waals surface area contributed by atoms with Crippen molar-refractivity contribution in [2.45, 2.75) is 19.4 Å². The molecule has 10 nitrogen and oxygen atoms in total. The van der Waals surface area contributed by atoms with Gasteiger partial charge in [0.25, 0.3) is 11.8 Å². The number of halogens is 2. The second-order valence-electron chi connectivity index (χ2n) is 11.2. The first-order valence-electron chi connectivity index (χ1n) is 14.7. The number of rotatable bonds is 8. The summed E-state index contributed by atoms with van der Waals surface area (Å²) < 4.78 is 28.7. The lowest BCUT2D eigenvalue weighted by atomic mass is 10.1. The Bertz CT molecular complexity index is 1640. The van der Waals surface area contributed by atoms with Gasteiger partial charge in [-0.3, -0.25) is 9.59 Å². The molecule has 4 aromatic rings. The largest absolute Gasteiger partial charge is 0.379 e. The molecule has 44 heavy (non-hydrogen) atoms. The molecule has 3 heterocycles. The van der Waals surface area contributed by atoms with Gasteiger partial charge in [0.05, 0.1) is 24.0 Å². The number of hydrogen-bond acceptors (Lipinski definition) is 7. The minimum Gasteiger partial charge on any atom is -0.379 e. The summed E-state index contributed by atoms with van der Waals surface area (Å²) in [5, 5.41) is 14.5. The summed E-state index contributed by atoms with van der Waals surface area (Å²) in [6.45, 7) is 5.62. The highest BCUT2D eigenvalue weighted by molar-refractivity contribution is 6.04. The van der Waals surface area contributed by atoms with Crippen LogP contribution in [-0.2, 0) is 6.54 Å². The van der Waals surface area contributed by atoms with Crippen LogP contribution >= 0.6 is 0 Å². The van der Waals surface area contributed by atoms with Crippen molar-refractivity contribution in [3.05, 3.63) is 95.3 Å². The Balaban J connectivity index is 1.14. The van der Waals surface area contributed by atoms with Crippen molar-refractivity contribution < 1.29 is 18.4 Å². The lowest BCUT2D eigenvalue weighted by Gasteiger charge is -2.35. The van der Waals surface area contributed by atoms with Crippen LogP contribution in [0.3, 0.4) is 0 Å². The summed E-state index contributed by atoms with van der Waals surface area (Å²) in [5.74, 6) is -2.22. The van der Waals surface area contributed by atoms with Gasteiger partial charge in [0.15, 0.2) is 0 Å². The molecule has 0 saturated carbocycles. The van der Waals surface area contributed by atoms with E-state index < -0.39 is 17.5 Å². The zero-order valence-electron chi connectivity index (χ0n) is 24.5. The highest BCUT2D eigenvalue weighted by Gasteiger charge is 2.26. The lowest BCUT2D eigenvalue weighted by Crippen LogP contribution is -2.45. The van der Waals surface area contributed by atoms with Gasteiger partial charge in [0, 0.05) is 68.0 Å². The van der Waals surface area contributed by atoms with Crippen LogP contribution in [0.2, 0.25) is 0 Å². The minimum atomic E-state index is -0.826. The van der Waals surface area contributed by atoms with E-state index >= 15 is 0 Å². The SMILES string of the molecule is CN1CCN(c2ccc(NCc3cn(-c4cccc(NC(=O)c5cc(F)cc(F)c5)c4)nn3)cc2C(=O)N2CCCC2)CC1. The van der Waals surface area contributed by atoms with Gasteiger partial charge in [-0.25, -0.2) is 13.5 Å². The quantitative estimate of drug-likeness (QED) is 0.310. The Kier molecular flexibility index (Phi) is 8.51. The first-order chi connectivity index (χ1) is 21.3.